The van der Waals surface area contributed by atoms with Crippen LogP contribution in [-0.2, 0) is 14.2 Å². The van der Waals surface area contributed by atoms with Gasteiger partial charge in [0.05, 0.1) is 38.6 Å². The molecule has 0 amide bonds. The van der Waals surface area contributed by atoms with Crippen molar-refractivity contribution < 1.29 is 14.2 Å². The lowest BCUT2D eigenvalue weighted by atomic mass is 9.90. The highest BCUT2D eigenvalue weighted by molar-refractivity contribution is 4.91. The van der Waals surface area contributed by atoms with Gasteiger partial charge in [0.15, 0.2) is 0 Å². The van der Waals surface area contributed by atoms with Crippen molar-refractivity contribution >= 4 is 0 Å². The molecule has 2 N–H and O–H groups in total. The number of rotatable bonds is 8. The van der Waals surface area contributed by atoms with E-state index in [1.807, 2.05) is 0 Å². The van der Waals surface area contributed by atoms with E-state index in [4.69, 9.17) is 19.9 Å². The van der Waals surface area contributed by atoms with E-state index in [1.165, 1.54) is 0 Å². The first-order valence-electron chi connectivity index (χ1n) is 10.8. The Morgan fingerprint density at radius 2 is 1.26 bits per heavy atom. The zero-order valence-corrected chi connectivity index (χ0v) is 17.4. The first-order valence-corrected chi connectivity index (χ1v) is 10.8. The maximum Gasteiger partial charge on any atom is 0.0674 e. The van der Waals surface area contributed by atoms with Crippen LogP contribution in [0, 0.1) is 0 Å². The lowest BCUT2D eigenvalue weighted by Gasteiger charge is -2.41. The Bertz CT molecular complexity index is 407. The summed E-state index contributed by atoms with van der Waals surface area (Å²) >= 11 is 0. The minimum atomic E-state index is -0.152. The number of hydrogen-bond donors (Lipinski definition) is 1. The Morgan fingerprint density at radius 3 is 1.74 bits per heavy atom. The van der Waals surface area contributed by atoms with Gasteiger partial charge in [-0.05, 0) is 26.7 Å². The van der Waals surface area contributed by atoms with Crippen LogP contribution in [0.2, 0.25) is 0 Å². The van der Waals surface area contributed by atoms with Crippen molar-refractivity contribution in [2.75, 3.05) is 85.3 Å². The number of morpholine rings is 3. The molecule has 0 spiro atoms. The third-order valence-electron chi connectivity index (χ3n) is 6.14. The molecule has 3 saturated heterocycles. The van der Waals surface area contributed by atoms with Gasteiger partial charge in [-0.25, -0.2) is 0 Å². The molecule has 2 unspecified atom stereocenters. The average Bonchev–Trinajstić information content (AvgIpc) is 2.66. The first-order chi connectivity index (χ1) is 13.0. The normalized spacial score (nSPS) is 31.7. The zero-order valence-electron chi connectivity index (χ0n) is 17.4. The highest BCUT2D eigenvalue weighted by Gasteiger charge is 2.31. The van der Waals surface area contributed by atoms with Crippen molar-refractivity contribution in [1.82, 2.24) is 14.7 Å². The third-order valence-corrected chi connectivity index (χ3v) is 6.14. The molecule has 0 aromatic carbocycles. The minimum Gasteiger partial charge on any atom is -0.379 e. The van der Waals surface area contributed by atoms with Crippen LogP contribution in [0.1, 0.15) is 26.7 Å². The second-order valence-corrected chi connectivity index (χ2v) is 8.71. The SMILES string of the molecule is CC1CN(CCC(N)(CCN2CCOC(C)C2)CN2CCOCC2)CCO1. The van der Waals surface area contributed by atoms with E-state index in [9.17, 15) is 0 Å². The van der Waals surface area contributed by atoms with E-state index < -0.39 is 0 Å². The summed E-state index contributed by atoms with van der Waals surface area (Å²) in [7, 11) is 0. The molecule has 0 aromatic rings. The lowest BCUT2D eigenvalue weighted by Crippen LogP contribution is -2.56. The van der Waals surface area contributed by atoms with Gasteiger partial charge in [-0.3, -0.25) is 14.7 Å². The molecule has 3 aliphatic rings. The van der Waals surface area contributed by atoms with Crippen LogP contribution in [-0.4, -0.2) is 118 Å². The van der Waals surface area contributed by atoms with E-state index in [1.54, 1.807) is 0 Å². The first kappa shape index (κ1) is 21.4. The van der Waals surface area contributed by atoms with Crippen LogP contribution < -0.4 is 5.73 Å². The van der Waals surface area contributed by atoms with Crippen LogP contribution >= 0.6 is 0 Å². The summed E-state index contributed by atoms with van der Waals surface area (Å²) in [5, 5.41) is 0. The van der Waals surface area contributed by atoms with Crippen LogP contribution in [0.25, 0.3) is 0 Å². The lowest BCUT2D eigenvalue weighted by molar-refractivity contribution is -0.0272. The quantitative estimate of drug-likeness (QED) is 0.643. The summed E-state index contributed by atoms with van der Waals surface area (Å²) in [6, 6.07) is 0. The van der Waals surface area contributed by atoms with Gasteiger partial charge in [-0.1, -0.05) is 0 Å². The van der Waals surface area contributed by atoms with Crippen molar-refractivity contribution in [2.45, 2.75) is 44.4 Å². The second kappa shape index (κ2) is 10.5. The summed E-state index contributed by atoms with van der Waals surface area (Å²) < 4.78 is 16.9. The largest absolute Gasteiger partial charge is 0.379 e. The molecule has 7 nitrogen and oxygen atoms in total. The molecule has 0 saturated carbocycles. The van der Waals surface area contributed by atoms with Crippen LogP contribution in [0.5, 0.6) is 0 Å². The van der Waals surface area contributed by atoms with Gasteiger partial charge >= 0.3 is 0 Å². The van der Waals surface area contributed by atoms with E-state index in [2.05, 4.69) is 28.5 Å². The van der Waals surface area contributed by atoms with E-state index in [0.717, 1.165) is 98.2 Å². The molecule has 3 heterocycles. The molecule has 0 aliphatic carbocycles. The van der Waals surface area contributed by atoms with Gasteiger partial charge < -0.3 is 19.9 Å². The molecule has 0 radical (unpaired) electrons. The fourth-order valence-electron chi connectivity index (χ4n) is 4.44. The smallest absolute Gasteiger partial charge is 0.0674 e. The fraction of sp³-hybridized carbons (Fsp3) is 1.00. The summed E-state index contributed by atoms with van der Waals surface area (Å²) in [6.45, 7) is 16.9. The van der Waals surface area contributed by atoms with Gasteiger partial charge in [-0.2, -0.15) is 0 Å². The van der Waals surface area contributed by atoms with E-state index in [-0.39, 0.29) is 5.54 Å². The summed E-state index contributed by atoms with van der Waals surface area (Å²) in [5.74, 6) is 0. The fourth-order valence-corrected chi connectivity index (χ4v) is 4.44. The van der Waals surface area contributed by atoms with Gasteiger partial charge in [0.1, 0.15) is 0 Å². The Labute approximate surface area is 165 Å². The van der Waals surface area contributed by atoms with Crippen LogP contribution in [0.4, 0.5) is 0 Å². The topological polar surface area (TPSA) is 63.4 Å². The highest BCUT2D eigenvalue weighted by Crippen LogP contribution is 2.19. The van der Waals surface area contributed by atoms with Gasteiger partial charge in [0.2, 0.25) is 0 Å². The molecule has 3 rings (SSSR count). The predicted molar refractivity (Wildman–Crippen MR) is 107 cm³/mol. The molecular formula is C20H40N4O3. The number of nitrogens with two attached hydrogens (primary N) is 1. The van der Waals surface area contributed by atoms with E-state index >= 15 is 0 Å². The zero-order chi connectivity index (χ0) is 19.1. The van der Waals surface area contributed by atoms with Crippen molar-refractivity contribution in [1.29, 1.82) is 0 Å². The van der Waals surface area contributed by atoms with Crippen molar-refractivity contribution in [3.8, 4) is 0 Å². The molecule has 0 bridgehead atoms. The molecule has 0 aromatic heterocycles. The Balaban J connectivity index is 1.53. The minimum absolute atomic E-state index is 0.152. The summed E-state index contributed by atoms with van der Waals surface area (Å²) in [4.78, 5) is 7.53. The van der Waals surface area contributed by atoms with Crippen LogP contribution in [0.3, 0.4) is 0 Å². The number of hydrogen-bond acceptors (Lipinski definition) is 7. The summed E-state index contributed by atoms with van der Waals surface area (Å²) in [5.41, 5.74) is 6.88. The molecule has 3 aliphatic heterocycles. The molecule has 2 atom stereocenters. The Morgan fingerprint density at radius 1 is 0.778 bits per heavy atom. The molecule has 3 fully saturated rings. The monoisotopic (exact) mass is 384 g/mol. The third kappa shape index (κ3) is 7.24. The van der Waals surface area contributed by atoms with Gasteiger partial charge in [-0.15, -0.1) is 0 Å². The average molecular weight is 385 g/mol. The maximum absolute atomic E-state index is 7.03. The van der Waals surface area contributed by atoms with E-state index in [0.29, 0.717) is 12.2 Å². The Hall–Kier alpha value is -0.280. The van der Waals surface area contributed by atoms with Crippen molar-refractivity contribution in [3.05, 3.63) is 0 Å². The van der Waals surface area contributed by atoms with Gasteiger partial charge in [0.25, 0.3) is 0 Å². The molecule has 27 heavy (non-hydrogen) atoms. The Kier molecular flexibility index (Phi) is 8.32. The highest BCUT2D eigenvalue weighted by atomic mass is 16.5. The standard InChI is InChI=1S/C20H40N4O3/c1-18-15-22(9-13-26-18)5-3-20(21,17-24-7-11-25-12-8-24)4-6-23-10-14-27-19(2)16-23/h18-19H,3-17,21H2,1-2H3. The summed E-state index contributed by atoms with van der Waals surface area (Å²) in [6.07, 6.45) is 2.74. The van der Waals surface area contributed by atoms with Crippen molar-refractivity contribution in [2.24, 2.45) is 5.73 Å². The van der Waals surface area contributed by atoms with Crippen LogP contribution in [0.15, 0.2) is 0 Å². The molecule has 158 valence electrons. The molecular weight excluding hydrogens is 344 g/mol. The van der Waals surface area contributed by atoms with Crippen molar-refractivity contribution in [3.63, 3.8) is 0 Å². The predicted octanol–water partition coefficient (Wildman–Crippen LogP) is 0.238. The number of nitrogens with zero attached hydrogens (tertiary/aromatic N) is 3. The van der Waals surface area contributed by atoms with Gasteiger partial charge in [0, 0.05) is 64.4 Å². The second-order valence-electron chi connectivity index (χ2n) is 8.71. The maximum atomic E-state index is 7.03. The molecule has 7 heteroatoms. The number of ether oxygens (including phenoxy) is 3.